The van der Waals surface area contributed by atoms with Crippen LogP contribution in [0.4, 0.5) is 5.69 Å². The van der Waals surface area contributed by atoms with Crippen LogP contribution in [0.2, 0.25) is 0 Å². The van der Waals surface area contributed by atoms with Crippen molar-refractivity contribution in [1.82, 2.24) is 20.5 Å². The number of carbonyl (C=O) groups excluding carboxylic acids is 1. The van der Waals surface area contributed by atoms with Crippen LogP contribution in [0.25, 0.3) is 0 Å². The number of nitrogens with zero attached hydrogens (tertiary/aromatic N) is 2. The Morgan fingerprint density at radius 3 is 2.80 bits per heavy atom. The van der Waals surface area contributed by atoms with Gasteiger partial charge in [0, 0.05) is 11.6 Å². The molecular weight excluding hydrogens is 274 g/mol. The maximum absolute atomic E-state index is 12.3. The van der Waals surface area contributed by atoms with Gasteiger partial charge in [-0.3, -0.25) is 9.89 Å². The van der Waals surface area contributed by atoms with E-state index in [-0.39, 0.29) is 23.6 Å². The van der Waals surface area contributed by atoms with Crippen molar-refractivity contribution in [3.8, 4) is 0 Å². The average molecular weight is 293 g/mol. The molecule has 0 saturated heterocycles. The Labute approximate surface area is 121 Å². The zero-order valence-electron chi connectivity index (χ0n) is 11.8. The molecule has 0 radical (unpaired) electrons. The van der Waals surface area contributed by atoms with Gasteiger partial charge in [-0.05, 0) is 12.3 Å². The first-order chi connectivity index (χ1) is 9.54. The van der Waals surface area contributed by atoms with Crippen molar-refractivity contribution >= 4 is 22.9 Å². The minimum Gasteiger partial charge on any atom is -0.395 e. The first-order valence-electron chi connectivity index (χ1n) is 6.58. The second-order valence-corrected chi connectivity index (χ2v) is 5.79. The number of anilines is 1. The van der Waals surface area contributed by atoms with Crippen molar-refractivity contribution < 1.29 is 4.79 Å². The van der Waals surface area contributed by atoms with Gasteiger partial charge >= 0.3 is 0 Å². The van der Waals surface area contributed by atoms with E-state index in [1.54, 1.807) is 6.20 Å². The van der Waals surface area contributed by atoms with Gasteiger partial charge in [0.2, 0.25) is 0 Å². The SMILES string of the molecule is CCC(NC(=O)c1n[nH]c(C(C)C)c1N)c1nccs1. The van der Waals surface area contributed by atoms with Crippen LogP contribution in [-0.4, -0.2) is 21.1 Å². The molecule has 1 unspecified atom stereocenters. The molecule has 2 aromatic rings. The molecule has 0 aliphatic rings. The van der Waals surface area contributed by atoms with Crippen LogP contribution >= 0.6 is 11.3 Å². The average Bonchev–Trinajstić information content (AvgIpc) is 3.04. The third-order valence-corrected chi connectivity index (χ3v) is 3.98. The van der Waals surface area contributed by atoms with Gasteiger partial charge in [-0.2, -0.15) is 5.10 Å². The number of H-pyrrole nitrogens is 1. The van der Waals surface area contributed by atoms with Crippen LogP contribution < -0.4 is 11.1 Å². The lowest BCUT2D eigenvalue weighted by Crippen LogP contribution is -2.29. The summed E-state index contributed by atoms with van der Waals surface area (Å²) in [4.78, 5) is 16.5. The number of rotatable bonds is 5. The molecule has 1 amide bonds. The monoisotopic (exact) mass is 293 g/mol. The van der Waals surface area contributed by atoms with Gasteiger partial charge in [0.15, 0.2) is 5.69 Å². The molecule has 0 aromatic carbocycles. The number of nitrogens with one attached hydrogen (secondary N) is 2. The highest BCUT2D eigenvalue weighted by atomic mass is 32.1. The van der Waals surface area contributed by atoms with Crippen LogP contribution in [0.5, 0.6) is 0 Å². The molecule has 2 aromatic heterocycles. The second-order valence-electron chi connectivity index (χ2n) is 4.86. The topological polar surface area (TPSA) is 96.7 Å². The Bertz CT molecular complexity index is 576. The van der Waals surface area contributed by atoms with E-state index in [0.29, 0.717) is 5.69 Å². The molecule has 108 valence electrons. The van der Waals surface area contributed by atoms with Crippen molar-refractivity contribution in [2.24, 2.45) is 0 Å². The maximum Gasteiger partial charge on any atom is 0.274 e. The van der Waals surface area contributed by atoms with Crippen LogP contribution in [0.15, 0.2) is 11.6 Å². The molecule has 20 heavy (non-hydrogen) atoms. The second kappa shape index (κ2) is 6.04. The Morgan fingerprint density at radius 2 is 2.30 bits per heavy atom. The molecule has 1 atom stereocenters. The minimum atomic E-state index is -0.271. The summed E-state index contributed by atoms with van der Waals surface area (Å²) >= 11 is 1.52. The summed E-state index contributed by atoms with van der Waals surface area (Å²) in [7, 11) is 0. The van der Waals surface area contributed by atoms with Gasteiger partial charge in [0.25, 0.3) is 5.91 Å². The highest BCUT2D eigenvalue weighted by Crippen LogP contribution is 2.24. The van der Waals surface area contributed by atoms with E-state index < -0.39 is 0 Å². The molecule has 0 spiro atoms. The fraction of sp³-hybridized carbons (Fsp3) is 0.462. The Morgan fingerprint density at radius 1 is 1.55 bits per heavy atom. The highest BCUT2D eigenvalue weighted by molar-refractivity contribution is 7.09. The summed E-state index contributed by atoms with van der Waals surface area (Å²) < 4.78 is 0. The summed E-state index contributed by atoms with van der Waals surface area (Å²) in [6.07, 6.45) is 2.50. The molecule has 0 bridgehead atoms. The zero-order valence-corrected chi connectivity index (χ0v) is 12.6. The fourth-order valence-electron chi connectivity index (χ4n) is 1.95. The summed E-state index contributed by atoms with van der Waals surface area (Å²) in [6, 6.07) is -0.110. The molecule has 7 heteroatoms. The lowest BCUT2D eigenvalue weighted by Gasteiger charge is -2.13. The summed E-state index contributed by atoms with van der Waals surface area (Å²) in [6.45, 7) is 5.99. The van der Waals surface area contributed by atoms with Crippen LogP contribution in [0, 0.1) is 0 Å². The number of hydrogen-bond donors (Lipinski definition) is 3. The van der Waals surface area contributed by atoms with Gasteiger partial charge in [-0.25, -0.2) is 4.98 Å². The third kappa shape index (κ3) is 2.82. The molecule has 0 fully saturated rings. The van der Waals surface area contributed by atoms with Gasteiger partial charge < -0.3 is 11.1 Å². The van der Waals surface area contributed by atoms with Gasteiger partial charge in [-0.15, -0.1) is 11.3 Å². The van der Waals surface area contributed by atoms with E-state index in [2.05, 4.69) is 20.5 Å². The Hall–Kier alpha value is -1.89. The number of hydrogen-bond acceptors (Lipinski definition) is 5. The first-order valence-corrected chi connectivity index (χ1v) is 7.46. The van der Waals surface area contributed by atoms with E-state index >= 15 is 0 Å². The van der Waals surface area contributed by atoms with Gasteiger partial charge in [0.1, 0.15) is 5.01 Å². The molecule has 2 rings (SSSR count). The van der Waals surface area contributed by atoms with Crippen LogP contribution in [-0.2, 0) is 0 Å². The number of nitrogens with two attached hydrogens (primary N) is 1. The quantitative estimate of drug-likeness (QED) is 0.788. The van der Waals surface area contributed by atoms with Crippen molar-refractivity contribution in [2.75, 3.05) is 5.73 Å². The van der Waals surface area contributed by atoms with Gasteiger partial charge in [0.05, 0.1) is 17.4 Å². The fourth-order valence-corrected chi connectivity index (χ4v) is 2.72. The Balaban J connectivity index is 2.16. The molecule has 0 aliphatic carbocycles. The first kappa shape index (κ1) is 14.5. The largest absolute Gasteiger partial charge is 0.395 e. The minimum absolute atomic E-state index is 0.110. The lowest BCUT2D eigenvalue weighted by molar-refractivity contribution is 0.0931. The van der Waals surface area contributed by atoms with Gasteiger partial charge in [-0.1, -0.05) is 20.8 Å². The van der Waals surface area contributed by atoms with E-state index in [4.69, 9.17) is 5.73 Å². The highest BCUT2D eigenvalue weighted by Gasteiger charge is 2.22. The summed E-state index contributed by atoms with van der Waals surface area (Å²) in [5, 5.41) is 12.6. The maximum atomic E-state index is 12.3. The van der Waals surface area contributed by atoms with Crippen molar-refractivity contribution in [2.45, 2.75) is 39.2 Å². The smallest absolute Gasteiger partial charge is 0.274 e. The predicted molar refractivity (Wildman–Crippen MR) is 79.7 cm³/mol. The van der Waals surface area contributed by atoms with E-state index in [1.165, 1.54) is 11.3 Å². The number of carbonyl (C=O) groups is 1. The zero-order chi connectivity index (χ0) is 14.7. The standard InChI is InChI=1S/C13H19N5OS/c1-4-8(13-15-5-6-20-13)16-12(19)11-9(14)10(7(2)3)17-18-11/h5-8H,4,14H2,1-3H3,(H,16,19)(H,17,18). The molecule has 0 aliphatic heterocycles. The number of amides is 1. The third-order valence-electron chi connectivity index (χ3n) is 3.09. The van der Waals surface area contributed by atoms with Crippen LogP contribution in [0.1, 0.15) is 60.3 Å². The van der Waals surface area contributed by atoms with E-state index in [9.17, 15) is 4.79 Å². The van der Waals surface area contributed by atoms with Crippen LogP contribution in [0.3, 0.4) is 0 Å². The summed E-state index contributed by atoms with van der Waals surface area (Å²) in [5.41, 5.74) is 7.44. The predicted octanol–water partition coefficient (Wildman–Crippen LogP) is 2.45. The number of aromatic amines is 1. The van der Waals surface area contributed by atoms with Crippen molar-refractivity contribution in [3.63, 3.8) is 0 Å². The van der Waals surface area contributed by atoms with Crippen molar-refractivity contribution in [1.29, 1.82) is 0 Å². The number of thiazole rings is 1. The molecule has 0 saturated carbocycles. The molecular formula is C13H19N5OS. The molecule has 2 heterocycles. The molecule has 6 nitrogen and oxygen atoms in total. The lowest BCUT2D eigenvalue weighted by atomic mass is 10.1. The van der Waals surface area contributed by atoms with E-state index in [1.807, 2.05) is 26.2 Å². The Kier molecular flexibility index (Phi) is 4.39. The van der Waals surface area contributed by atoms with Crippen molar-refractivity contribution in [3.05, 3.63) is 28.0 Å². The number of nitrogen functional groups attached to an aromatic ring is 1. The van der Waals surface area contributed by atoms with E-state index in [0.717, 1.165) is 17.1 Å². The number of aromatic nitrogens is 3. The normalized spacial score (nSPS) is 12.6. The molecule has 4 N–H and O–H groups in total. The summed E-state index contributed by atoms with van der Waals surface area (Å²) in [5.74, 6) is -0.0716.